The summed E-state index contributed by atoms with van der Waals surface area (Å²) in [6.45, 7) is 8.17. The predicted octanol–water partition coefficient (Wildman–Crippen LogP) is 2.91. The smallest absolute Gasteiger partial charge is 0.0672 e. The summed E-state index contributed by atoms with van der Waals surface area (Å²) in [4.78, 5) is 0. The van der Waals surface area contributed by atoms with Crippen LogP contribution in [-0.2, 0) is 13.1 Å². The van der Waals surface area contributed by atoms with E-state index < -0.39 is 0 Å². The van der Waals surface area contributed by atoms with Crippen LogP contribution in [0.1, 0.15) is 23.7 Å². The third-order valence-corrected chi connectivity index (χ3v) is 3.23. The highest BCUT2D eigenvalue weighted by atomic mass is 15.3. The van der Waals surface area contributed by atoms with Gasteiger partial charge in [0, 0.05) is 24.8 Å². The van der Waals surface area contributed by atoms with Gasteiger partial charge in [0.25, 0.3) is 0 Å². The molecule has 3 heteroatoms. The van der Waals surface area contributed by atoms with Crippen molar-refractivity contribution < 1.29 is 0 Å². The first-order valence-electron chi connectivity index (χ1n) is 6.44. The Hall–Kier alpha value is -1.61. The Kier molecular flexibility index (Phi) is 3.82. The van der Waals surface area contributed by atoms with Crippen LogP contribution in [0.25, 0.3) is 11.1 Å². The minimum absolute atomic E-state index is 0.911. The van der Waals surface area contributed by atoms with E-state index in [0.717, 1.165) is 18.8 Å². The topological polar surface area (TPSA) is 29.9 Å². The number of benzene rings is 1. The van der Waals surface area contributed by atoms with Crippen LogP contribution >= 0.6 is 0 Å². The molecule has 0 aliphatic rings. The normalized spacial score (nSPS) is 10.9. The first kappa shape index (κ1) is 12.8. The summed E-state index contributed by atoms with van der Waals surface area (Å²) in [5.74, 6) is 0. The van der Waals surface area contributed by atoms with Gasteiger partial charge < -0.3 is 5.32 Å². The Morgan fingerprint density at radius 2 is 2.00 bits per heavy atom. The van der Waals surface area contributed by atoms with Gasteiger partial charge in [0.1, 0.15) is 0 Å². The number of hydrogen-bond donors (Lipinski definition) is 1. The molecule has 0 fully saturated rings. The van der Waals surface area contributed by atoms with Gasteiger partial charge in [0.05, 0.1) is 5.69 Å². The SMILES string of the molecule is CCn1cc(-c2ccc(CNC)cc2C)c(C)n1. The van der Waals surface area contributed by atoms with Gasteiger partial charge in [-0.1, -0.05) is 18.2 Å². The molecule has 0 spiro atoms. The number of nitrogens with one attached hydrogen (secondary N) is 1. The molecule has 0 unspecified atom stereocenters. The summed E-state index contributed by atoms with van der Waals surface area (Å²) >= 11 is 0. The van der Waals surface area contributed by atoms with Crippen LogP contribution in [-0.4, -0.2) is 16.8 Å². The van der Waals surface area contributed by atoms with E-state index >= 15 is 0 Å². The Morgan fingerprint density at radius 1 is 1.22 bits per heavy atom. The molecule has 3 nitrogen and oxygen atoms in total. The van der Waals surface area contributed by atoms with Crippen molar-refractivity contribution in [3.05, 3.63) is 41.2 Å². The van der Waals surface area contributed by atoms with Crippen molar-refractivity contribution in [1.29, 1.82) is 0 Å². The molecule has 1 aromatic heterocycles. The molecule has 0 saturated heterocycles. The van der Waals surface area contributed by atoms with E-state index in [2.05, 4.69) is 55.6 Å². The third kappa shape index (κ3) is 2.46. The molecule has 1 heterocycles. The molecule has 0 radical (unpaired) electrons. The second-order valence-corrected chi connectivity index (χ2v) is 4.66. The highest BCUT2D eigenvalue weighted by Gasteiger charge is 2.09. The van der Waals surface area contributed by atoms with Gasteiger partial charge in [-0.05, 0) is 44.5 Å². The van der Waals surface area contributed by atoms with E-state index in [1.54, 1.807) is 0 Å². The van der Waals surface area contributed by atoms with Crippen LogP contribution in [0.2, 0.25) is 0 Å². The largest absolute Gasteiger partial charge is 0.316 e. The summed E-state index contributed by atoms with van der Waals surface area (Å²) in [6, 6.07) is 6.63. The van der Waals surface area contributed by atoms with E-state index in [1.165, 1.54) is 22.3 Å². The summed E-state index contributed by atoms with van der Waals surface area (Å²) in [5, 5.41) is 7.69. The number of aryl methyl sites for hydroxylation is 3. The second-order valence-electron chi connectivity index (χ2n) is 4.66. The molecule has 18 heavy (non-hydrogen) atoms. The van der Waals surface area contributed by atoms with Crippen LogP contribution in [0.15, 0.2) is 24.4 Å². The summed E-state index contributed by atoms with van der Waals surface area (Å²) < 4.78 is 1.99. The van der Waals surface area contributed by atoms with E-state index in [4.69, 9.17) is 0 Å². The van der Waals surface area contributed by atoms with Crippen molar-refractivity contribution in [1.82, 2.24) is 15.1 Å². The molecule has 96 valence electrons. The Labute approximate surface area is 109 Å². The fourth-order valence-corrected chi connectivity index (χ4v) is 2.29. The quantitative estimate of drug-likeness (QED) is 0.895. The van der Waals surface area contributed by atoms with Gasteiger partial charge >= 0.3 is 0 Å². The molecule has 1 N–H and O–H groups in total. The molecule has 0 amide bonds. The van der Waals surface area contributed by atoms with Crippen molar-refractivity contribution in [2.75, 3.05) is 7.05 Å². The number of hydrogen-bond acceptors (Lipinski definition) is 2. The Balaban J connectivity index is 2.41. The molecule has 0 atom stereocenters. The molecule has 0 bridgehead atoms. The number of aromatic nitrogens is 2. The fraction of sp³-hybridized carbons (Fsp3) is 0.400. The lowest BCUT2D eigenvalue weighted by atomic mass is 9.99. The maximum atomic E-state index is 4.51. The second kappa shape index (κ2) is 5.36. The Morgan fingerprint density at radius 3 is 2.56 bits per heavy atom. The van der Waals surface area contributed by atoms with Gasteiger partial charge in [0.2, 0.25) is 0 Å². The van der Waals surface area contributed by atoms with Crippen LogP contribution in [0.4, 0.5) is 0 Å². The summed E-state index contributed by atoms with van der Waals surface area (Å²) in [6.07, 6.45) is 2.13. The molecular weight excluding hydrogens is 222 g/mol. The molecule has 0 aliphatic heterocycles. The maximum absolute atomic E-state index is 4.51. The van der Waals surface area contributed by atoms with Gasteiger partial charge in [-0.15, -0.1) is 0 Å². The van der Waals surface area contributed by atoms with Crippen molar-refractivity contribution in [2.45, 2.75) is 33.9 Å². The lowest BCUT2D eigenvalue weighted by molar-refractivity contribution is 0.653. The maximum Gasteiger partial charge on any atom is 0.0672 e. The van der Waals surface area contributed by atoms with Crippen molar-refractivity contribution in [2.24, 2.45) is 0 Å². The number of rotatable bonds is 4. The third-order valence-electron chi connectivity index (χ3n) is 3.23. The van der Waals surface area contributed by atoms with Crippen LogP contribution in [0, 0.1) is 13.8 Å². The molecule has 2 rings (SSSR count). The minimum atomic E-state index is 0.911. The minimum Gasteiger partial charge on any atom is -0.316 e. The molecule has 1 aromatic carbocycles. The van der Waals surface area contributed by atoms with Crippen molar-refractivity contribution in [3.63, 3.8) is 0 Å². The first-order chi connectivity index (χ1) is 8.65. The molecular formula is C15H21N3. The van der Waals surface area contributed by atoms with Gasteiger partial charge in [-0.25, -0.2) is 0 Å². The predicted molar refractivity (Wildman–Crippen MR) is 75.6 cm³/mol. The van der Waals surface area contributed by atoms with Crippen molar-refractivity contribution >= 4 is 0 Å². The van der Waals surface area contributed by atoms with Crippen LogP contribution in [0.5, 0.6) is 0 Å². The van der Waals surface area contributed by atoms with Crippen LogP contribution < -0.4 is 5.32 Å². The van der Waals surface area contributed by atoms with Gasteiger partial charge in [-0.3, -0.25) is 4.68 Å². The average Bonchev–Trinajstić information content (AvgIpc) is 2.71. The first-order valence-corrected chi connectivity index (χ1v) is 6.44. The molecule has 2 aromatic rings. The molecule has 0 aliphatic carbocycles. The highest BCUT2D eigenvalue weighted by Crippen LogP contribution is 2.26. The lowest BCUT2D eigenvalue weighted by Crippen LogP contribution is -2.05. The molecule has 0 saturated carbocycles. The zero-order chi connectivity index (χ0) is 13.1. The zero-order valence-corrected chi connectivity index (χ0v) is 11.6. The van der Waals surface area contributed by atoms with E-state index in [0.29, 0.717) is 0 Å². The fourth-order valence-electron chi connectivity index (χ4n) is 2.29. The van der Waals surface area contributed by atoms with E-state index in [-0.39, 0.29) is 0 Å². The summed E-state index contributed by atoms with van der Waals surface area (Å²) in [7, 11) is 1.97. The van der Waals surface area contributed by atoms with E-state index in [1.807, 2.05) is 11.7 Å². The number of nitrogens with zero attached hydrogens (tertiary/aromatic N) is 2. The van der Waals surface area contributed by atoms with Gasteiger partial charge in [-0.2, -0.15) is 5.10 Å². The standard InChI is InChI=1S/C15H21N3/c1-5-18-10-15(12(3)17-18)14-7-6-13(9-16-4)8-11(14)2/h6-8,10,16H,5,9H2,1-4H3. The highest BCUT2D eigenvalue weighted by molar-refractivity contribution is 5.69. The van der Waals surface area contributed by atoms with Gasteiger partial charge in [0.15, 0.2) is 0 Å². The van der Waals surface area contributed by atoms with Crippen molar-refractivity contribution in [3.8, 4) is 11.1 Å². The van der Waals surface area contributed by atoms with Crippen LogP contribution in [0.3, 0.4) is 0 Å². The summed E-state index contributed by atoms with van der Waals surface area (Å²) in [5.41, 5.74) is 6.25. The monoisotopic (exact) mass is 243 g/mol. The Bertz CT molecular complexity index is 541. The average molecular weight is 243 g/mol. The zero-order valence-electron chi connectivity index (χ0n) is 11.6. The lowest BCUT2D eigenvalue weighted by Gasteiger charge is -2.07. The van der Waals surface area contributed by atoms with E-state index in [9.17, 15) is 0 Å².